The molecule has 0 unspecified atom stereocenters. The summed E-state index contributed by atoms with van der Waals surface area (Å²) in [6, 6.07) is 11.5. The second kappa shape index (κ2) is 6.39. The van der Waals surface area contributed by atoms with E-state index in [-0.39, 0.29) is 5.82 Å². The van der Waals surface area contributed by atoms with Gasteiger partial charge in [-0.1, -0.05) is 0 Å². The van der Waals surface area contributed by atoms with E-state index >= 15 is 0 Å². The van der Waals surface area contributed by atoms with Crippen molar-refractivity contribution in [1.29, 1.82) is 5.26 Å². The predicted octanol–water partition coefficient (Wildman–Crippen LogP) is 3.35. The topological polar surface area (TPSA) is 74.1 Å². The van der Waals surface area contributed by atoms with Crippen molar-refractivity contribution in [3.05, 3.63) is 53.8 Å². The Hall–Kier alpha value is -3.07. The molecule has 2 N–H and O–H groups in total. The SMILES string of the molecule is COc1cc(C#N)ccc1NC(=O)Nc1ccc(F)cc1. The van der Waals surface area contributed by atoms with Crippen molar-refractivity contribution in [3.8, 4) is 11.8 Å². The zero-order chi connectivity index (χ0) is 15.2. The van der Waals surface area contributed by atoms with Crippen LogP contribution in [0.3, 0.4) is 0 Å². The Morgan fingerprint density at radius 2 is 1.90 bits per heavy atom. The van der Waals surface area contributed by atoms with Crippen molar-refractivity contribution >= 4 is 17.4 Å². The molecule has 0 saturated carbocycles. The molecule has 0 heterocycles. The summed E-state index contributed by atoms with van der Waals surface area (Å²) in [6.45, 7) is 0. The van der Waals surface area contributed by atoms with Gasteiger partial charge in [0.2, 0.25) is 0 Å². The number of benzene rings is 2. The van der Waals surface area contributed by atoms with Gasteiger partial charge in [-0.15, -0.1) is 0 Å². The van der Waals surface area contributed by atoms with Crippen LogP contribution in [-0.4, -0.2) is 13.1 Å². The third kappa shape index (κ3) is 3.70. The molecule has 2 rings (SSSR count). The van der Waals surface area contributed by atoms with Crippen LogP contribution >= 0.6 is 0 Å². The van der Waals surface area contributed by atoms with E-state index in [0.29, 0.717) is 22.7 Å². The third-order valence-corrected chi connectivity index (χ3v) is 2.68. The summed E-state index contributed by atoms with van der Waals surface area (Å²) in [7, 11) is 1.44. The lowest BCUT2D eigenvalue weighted by molar-refractivity contribution is 0.262. The fourth-order valence-electron chi connectivity index (χ4n) is 1.68. The van der Waals surface area contributed by atoms with Crippen molar-refractivity contribution < 1.29 is 13.9 Å². The number of amides is 2. The van der Waals surface area contributed by atoms with Gasteiger partial charge in [0.1, 0.15) is 11.6 Å². The lowest BCUT2D eigenvalue weighted by Crippen LogP contribution is -2.19. The van der Waals surface area contributed by atoms with Gasteiger partial charge >= 0.3 is 6.03 Å². The highest BCUT2D eigenvalue weighted by atomic mass is 19.1. The number of anilines is 2. The van der Waals surface area contributed by atoms with Crippen LogP contribution in [0.4, 0.5) is 20.6 Å². The highest BCUT2D eigenvalue weighted by Crippen LogP contribution is 2.25. The summed E-state index contributed by atoms with van der Waals surface area (Å²) in [5.74, 6) is -0.00183. The van der Waals surface area contributed by atoms with E-state index in [9.17, 15) is 9.18 Å². The quantitative estimate of drug-likeness (QED) is 0.908. The Balaban J connectivity index is 2.09. The summed E-state index contributed by atoms with van der Waals surface area (Å²) in [6.07, 6.45) is 0. The normalized spacial score (nSPS) is 9.57. The Morgan fingerprint density at radius 3 is 2.52 bits per heavy atom. The van der Waals surface area contributed by atoms with Gasteiger partial charge in [0, 0.05) is 11.8 Å². The Morgan fingerprint density at radius 1 is 1.19 bits per heavy atom. The van der Waals surface area contributed by atoms with Gasteiger partial charge in [-0.25, -0.2) is 9.18 Å². The Kier molecular flexibility index (Phi) is 4.36. The van der Waals surface area contributed by atoms with Crippen LogP contribution in [0.5, 0.6) is 5.75 Å². The molecule has 2 amide bonds. The first-order valence-electron chi connectivity index (χ1n) is 6.04. The van der Waals surface area contributed by atoms with E-state index in [1.165, 1.54) is 37.4 Å². The molecular formula is C15H12FN3O2. The number of urea groups is 1. The Bertz CT molecular complexity index is 693. The second-order valence-corrected chi connectivity index (χ2v) is 4.11. The second-order valence-electron chi connectivity index (χ2n) is 4.11. The van der Waals surface area contributed by atoms with Crippen LogP contribution in [-0.2, 0) is 0 Å². The van der Waals surface area contributed by atoms with E-state index in [0.717, 1.165) is 0 Å². The zero-order valence-corrected chi connectivity index (χ0v) is 11.2. The lowest BCUT2D eigenvalue weighted by Gasteiger charge is -2.11. The maximum atomic E-state index is 12.8. The van der Waals surface area contributed by atoms with Gasteiger partial charge in [-0.05, 0) is 36.4 Å². The maximum Gasteiger partial charge on any atom is 0.323 e. The third-order valence-electron chi connectivity index (χ3n) is 2.68. The van der Waals surface area contributed by atoms with Gasteiger partial charge in [0.15, 0.2) is 0 Å². The van der Waals surface area contributed by atoms with Crippen LogP contribution in [0.1, 0.15) is 5.56 Å². The zero-order valence-electron chi connectivity index (χ0n) is 11.2. The highest BCUT2D eigenvalue weighted by Gasteiger charge is 2.08. The van der Waals surface area contributed by atoms with Crippen molar-refractivity contribution in [2.45, 2.75) is 0 Å². The lowest BCUT2D eigenvalue weighted by atomic mass is 10.2. The monoisotopic (exact) mass is 285 g/mol. The van der Waals surface area contributed by atoms with E-state index in [4.69, 9.17) is 10.00 Å². The molecule has 21 heavy (non-hydrogen) atoms. The number of methoxy groups -OCH3 is 1. The Labute approximate surface area is 121 Å². The number of carbonyl (C=O) groups is 1. The average Bonchev–Trinajstić information content (AvgIpc) is 2.50. The number of nitriles is 1. The van der Waals surface area contributed by atoms with Gasteiger partial charge in [-0.3, -0.25) is 0 Å². The van der Waals surface area contributed by atoms with E-state index in [1.807, 2.05) is 6.07 Å². The summed E-state index contributed by atoms with van der Waals surface area (Å²) < 4.78 is 17.9. The van der Waals surface area contributed by atoms with Gasteiger partial charge < -0.3 is 15.4 Å². The number of rotatable bonds is 3. The molecule has 2 aromatic rings. The molecule has 0 saturated heterocycles. The molecule has 0 radical (unpaired) electrons. The minimum absolute atomic E-state index is 0.378. The first-order chi connectivity index (χ1) is 10.1. The number of hydrogen-bond acceptors (Lipinski definition) is 3. The van der Waals surface area contributed by atoms with Crippen LogP contribution in [0.25, 0.3) is 0 Å². The largest absolute Gasteiger partial charge is 0.495 e. The first kappa shape index (κ1) is 14.3. The fraction of sp³-hybridized carbons (Fsp3) is 0.0667. The number of ether oxygens (including phenoxy) is 1. The molecule has 0 fully saturated rings. The number of nitrogens with zero attached hydrogens (tertiary/aromatic N) is 1. The molecule has 2 aromatic carbocycles. The molecule has 0 aliphatic rings. The van der Waals surface area contributed by atoms with Gasteiger partial charge in [0.25, 0.3) is 0 Å². The van der Waals surface area contributed by atoms with Gasteiger partial charge in [0.05, 0.1) is 24.4 Å². The molecule has 0 aromatic heterocycles. The summed E-state index contributed by atoms with van der Waals surface area (Å²) in [4.78, 5) is 11.9. The van der Waals surface area contributed by atoms with Crippen LogP contribution in [0, 0.1) is 17.1 Å². The van der Waals surface area contributed by atoms with Crippen LogP contribution in [0.2, 0.25) is 0 Å². The van der Waals surface area contributed by atoms with Gasteiger partial charge in [-0.2, -0.15) is 5.26 Å². The predicted molar refractivity (Wildman–Crippen MR) is 76.8 cm³/mol. The summed E-state index contributed by atoms with van der Waals surface area (Å²) in [5, 5.41) is 14.0. The maximum absolute atomic E-state index is 12.8. The number of nitrogens with one attached hydrogen (secondary N) is 2. The number of hydrogen-bond donors (Lipinski definition) is 2. The first-order valence-corrected chi connectivity index (χ1v) is 6.04. The van der Waals surface area contributed by atoms with Crippen LogP contribution in [0.15, 0.2) is 42.5 Å². The summed E-state index contributed by atoms with van der Waals surface area (Å²) >= 11 is 0. The standard InChI is InChI=1S/C15H12FN3O2/c1-21-14-8-10(9-17)2-7-13(14)19-15(20)18-12-5-3-11(16)4-6-12/h2-8H,1H3,(H2,18,19,20). The molecule has 0 spiro atoms. The molecule has 106 valence electrons. The smallest absolute Gasteiger partial charge is 0.323 e. The van der Waals surface area contributed by atoms with E-state index < -0.39 is 6.03 Å². The van der Waals surface area contributed by atoms with Crippen LogP contribution < -0.4 is 15.4 Å². The van der Waals surface area contributed by atoms with Crippen molar-refractivity contribution in [3.63, 3.8) is 0 Å². The average molecular weight is 285 g/mol. The van der Waals surface area contributed by atoms with E-state index in [2.05, 4.69) is 10.6 Å². The van der Waals surface area contributed by atoms with Crippen molar-refractivity contribution in [2.75, 3.05) is 17.7 Å². The molecule has 0 aliphatic heterocycles. The highest BCUT2D eigenvalue weighted by molar-refractivity contribution is 6.00. The number of carbonyl (C=O) groups excluding carboxylic acids is 1. The summed E-state index contributed by atoms with van der Waals surface area (Å²) in [5.41, 5.74) is 1.31. The molecule has 5 nitrogen and oxygen atoms in total. The minimum Gasteiger partial charge on any atom is -0.495 e. The van der Waals surface area contributed by atoms with Crippen molar-refractivity contribution in [2.24, 2.45) is 0 Å². The van der Waals surface area contributed by atoms with E-state index in [1.54, 1.807) is 12.1 Å². The molecule has 0 bridgehead atoms. The molecular weight excluding hydrogens is 273 g/mol. The minimum atomic E-state index is -0.496. The molecule has 0 aliphatic carbocycles. The number of halogens is 1. The van der Waals surface area contributed by atoms with Crippen molar-refractivity contribution in [1.82, 2.24) is 0 Å². The molecule has 0 atom stereocenters. The fourth-order valence-corrected chi connectivity index (χ4v) is 1.68. The molecule has 6 heteroatoms.